The Bertz CT molecular complexity index is 450. The summed E-state index contributed by atoms with van der Waals surface area (Å²) in [5.74, 6) is -1.57. The van der Waals surface area contributed by atoms with E-state index in [-0.39, 0.29) is 37.6 Å². The minimum absolute atomic E-state index is 0.0528. The first kappa shape index (κ1) is 14.9. The lowest BCUT2D eigenvalue weighted by atomic mass is 10.3. The molecule has 1 amide bonds. The largest absolute Gasteiger partial charge is 0.490 e. The minimum Gasteiger partial charge on any atom is -0.490 e. The smallest absolute Gasteiger partial charge is 0.305 e. The van der Waals surface area contributed by atoms with Gasteiger partial charge in [0.25, 0.3) is 0 Å². The molecule has 0 aliphatic heterocycles. The van der Waals surface area contributed by atoms with Gasteiger partial charge < -0.3 is 14.7 Å². The van der Waals surface area contributed by atoms with Crippen LogP contribution < -0.4 is 4.74 Å². The molecule has 0 saturated heterocycles. The molecule has 1 aromatic rings. The van der Waals surface area contributed by atoms with Gasteiger partial charge in [-0.25, -0.2) is 4.39 Å². The van der Waals surface area contributed by atoms with Gasteiger partial charge in [0.1, 0.15) is 0 Å². The molecule has 6 heteroatoms. The van der Waals surface area contributed by atoms with Crippen LogP contribution in [0.4, 0.5) is 4.39 Å². The number of hydrogen-bond acceptors (Lipinski definition) is 3. The number of carbonyl (C=O) groups excluding carboxylic acids is 1. The maximum atomic E-state index is 13.2. The normalized spacial score (nSPS) is 10.0. The second-order valence-corrected chi connectivity index (χ2v) is 3.99. The Hall–Kier alpha value is -2.11. The Morgan fingerprint density at radius 3 is 2.63 bits per heavy atom. The Balaban J connectivity index is 2.31. The lowest BCUT2D eigenvalue weighted by Gasteiger charge is -2.16. The number of ether oxygens (including phenoxy) is 1. The topological polar surface area (TPSA) is 66.8 Å². The molecule has 0 bridgehead atoms. The highest BCUT2D eigenvalue weighted by Crippen LogP contribution is 2.15. The number of carbonyl (C=O) groups is 2. The molecule has 0 spiro atoms. The zero-order valence-corrected chi connectivity index (χ0v) is 10.6. The second kappa shape index (κ2) is 7.35. The third-order valence-electron chi connectivity index (χ3n) is 2.50. The standard InChI is InChI=1S/C13H16FNO4/c1-15(8-6-13(17)18)12(16)7-9-19-11-5-3-2-4-10(11)14/h2-5H,6-9H2,1H3,(H,17,18). The lowest BCUT2D eigenvalue weighted by molar-refractivity contribution is -0.138. The van der Waals surface area contributed by atoms with Crippen LogP contribution in [0.3, 0.4) is 0 Å². The van der Waals surface area contributed by atoms with Crippen molar-refractivity contribution in [3.05, 3.63) is 30.1 Å². The predicted octanol–water partition coefficient (Wildman–Crippen LogP) is 1.53. The van der Waals surface area contributed by atoms with Crippen molar-refractivity contribution in [2.75, 3.05) is 20.2 Å². The molecule has 0 unspecified atom stereocenters. The fourth-order valence-corrected chi connectivity index (χ4v) is 1.39. The van der Waals surface area contributed by atoms with Crippen LogP contribution in [0.15, 0.2) is 24.3 Å². The molecule has 0 aliphatic rings. The first-order valence-electron chi connectivity index (χ1n) is 5.84. The highest BCUT2D eigenvalue weighted by atomic mass is 19.1. The van der Waals surface area contributed by atoms with Gasteiger partial charge in [-0.1, -0.05) is 12.1 Å². The maximum absolute atomic E-state index is 13.2. The summed E-state index contributed by atoms with van der Waals surface area (Å²) in [5.41, 5.74) is 0. The molecule has 0 aliphatic carbocycles. The molecule has 0 atom stereocenters. The van der Waals surface area contributed by atoms with E-state index in [1.807, 2.05) is 0 Å². The van der Waals surface area contributed by atoms with Crippen LogP contribution in [-0.4, -0.2) is 42.1 Å². The fourth-order valence-electron chi connectivity index (χ4n) is 1.39. The number of carboxylic acid groups (broad SMARTS) is 1. The zero-order chi connectivity index (χ0) is 14.3. The van der Waals surface area contributed by atoms with E-state index >= 15 is 0 Å². The van der Waals surface area contributed by atoms with Crippen LogP contribution in [0.2, 0.25) is 0 Å². The summed E-state index contributed by atoms with van der Waals surface area (Å²) < 4.78 is 18.3. The molecule has 0 saturated carbocycles. The van der Waals surface area contributed by atoms with Gasteiger partial charge in [0.05, 0.1) is 19.4 Å². The number of aliphatic carboxylic acids is 1. The molecule has 0 aromatic heterocycles. The monoisotopic (exact) mass is 269 g/mol. The summed E-state index contributed by atoms with van der Waals surface area (Å²) in [6.07, 6.45) is -0.0269. The average molecular weight is 269 g/mol. The molecule has 0 radical (unpaired) electrons. The molecule has 0 fully saturated rings. The highest BCUT2D eigenvalue weighted by Gasteiger charge is 2.10. The number of nitrogens with zero attached hydrogens (tertiary/aromatic N) is 1. The van der Waals surface area contributed by atoms with Crippen molar-refractivity contribution in [3.8, 4) is 5.75 Å². The van der Waals surface area contributed by atoms with Gasteiger partial charge in [0.2, 0.25) is 5.91 Å². The van der Waals surface area contributed by atoms with E-state index in [1.54, 1.807) is 12.1 Å². The number of halogens is 1. The van der Waals surface area contributed by atoms with E-state index in [0.29, 0.717) is 0 Å². The maximum Gasteiger partial charge on any atom is 0.305 e. The van der Waals surface area contributed by atoms with Crippen LogP contribution in [0.1, 0.15) is 12.8 Å². The molecule has 1 aromatic carbocycles. The summed E-state index contributed by atoms with van der Waals surface area (Å²) in [7, 11) is 1.52. The quantitative estimate of drug-likeness (QED) is 0.815. The summed E-state index contributed by atoms with van der Waals surface area (Å²) >= 11 is 0. The second-order valence-electron chi connectivity index (χ2n) is 3.99. The van der Waals surface area contributed by atoms with Crippen molar-refractivity contribution < 1.29 is 23.8 Å². The van der Waals surface area contributed by atoms with Gasteiger partial charge in [-0.15, -0.1) is 0 Å². The molecule has 104 valence electrons. The Kier molecular flexibility index (Phi) is 5.78. The third-order valence-corrected chi connectivity index (χ3v) is 2.50. The molecule has 1 rings (SSSR count). The molecule has 1 N–H and O–H groups in total. The molecule has 19 heavy (non-hydrogen) atoms. The van der Waals surface area contributed by atoms with Gasteiger partial charge in [0, 0.05) is 13.6 Å². The molecular weight excluding hydrogens is 253 g/mol. The number of hydrogen-bond donors (Lipinski definition) is 1. The first-order chi connectivity index (χ1) is 9.00. The number of benzene rings is 1. The number of amides is 1. The molecule has 0 heterocycles. The van der Waals surface area contributed by atoms with Crippen LogP contribution in [0, 0.1) is 5.82 Å². The summed E-state index contributed by atoms with van der Waals surface area (Å²) in [5, 5.41) is 8.50. The SMILES string of the molecule is CN(CCC(=O)O)C(=O)CCOc1ccccc1F. The highest BCUT2D eigenvalue weighted by molar-refractivity contribution is 5.76. The van der Waals surface area contributed by atoms with E-state index in [9.17, 15) is 14.0 Å². The van der Waals surface area contributed by atoms with Crippen molar-refractivity contribution >= 4 is 11.9 Å². The van der Waals surface area contributed by atoms with E-state index in [2.05, 4.69) is 0 Å². The van der Waals surface area contributed by atoms with Crippen molar-refractivity contribution in [2.24, 2.45) is 0 Å². The third kappa shape index (κ3) is 5.37. The summed E-state index contributed by atoms with van der Waals surface area (Å²) in [6.45, 7) is 0.199. The molecule has 5 nitrogen and oxygen atoms in total. The summed E-state index contributed by atoms with van der Waals surface area (Å²) in [6, 6.07) is 5.94. The van der Waals surface area contributed by atoms with E-state index in [0.717, 1.165) is 0 Å². The van der Waals surface area contributed by atoms with Crippen LogP contribution in [0.25, 0.3) is 0 Å². The predicted molar refractivity (Wildman–Crippen MR) is 66.4 cm³/mol. The van der Waals surface area contributed by atoms with Gasteiger partial charge in [-0.05, 0) is 12.1 Å². The van der Waals surface area contributed by atoms with Crippen molar-refractivity contribution in [1.82, 2.24) is 4.90 Å². The zero-order valence-electron chi connectivity index (χ0n) is 10.6. The summed E-state index contributed by atoms with van der Waals surface area (Å²) in [4.78, 5) is 23.3. The van der Waals surface area contributed by atoms with Gasteiger partial charge >= 0.3 is 5.97 Å². The number of rotatable bonds is 7. The van der Waals surface area contributed by atoms with Crippen LogP contribution in [-0.2, 0) is 9.59 Å². The van der Waals surface area contributed by atoms with E-state index in [4.69, 9.17) is 9.84 Å². The molecular formula is C13H16FNO4. The lowest BCUT2D eigenvalue weighted by Crippen LogP contribution is -2.30. The van der Waals surface area contributed by atoms with Gasteiger partial charge in [-0.3, -0.25) is 9.59 Å². The van der Waals surface area contributed by atoms with Crippen molar-refractivity contribution in [2.45, 2.75) is 12.8 Å². The number of para-hydroxylation sites is 1. The van der Waals surface area contributed by atoms with E-state index in [1.165, 1.54) is 24.1 Å². The first-order valence-corrected chi connectivity index (χ1v) is 5.84. The van der Waals surface area contributed by atoms with Crippen LogP contribution in [0.5, 0.6) is 5.75 Å². The minimum atomic E-state index is -0.956. The fraction of sp³-hybridized carbons (Fsp3) is 0.385. The average Bonchev–Trinajstić information content (AvgIpc) is 2.38. The Morgan fingerprint density at radius 2 is 2.00 bits per heavy atom. The Morgan fingerprint density at radius 1 is 1.32 bits per heavy atom. The van der Waals surface area contributed by atoms with Gasteiger partial charge in [0.15, 0.2) is 11.6 Å². The van der Waals surface area contributed by atoms with Gasteiger partial charge in [-0.2, -0.15) is 0 Å². The number of carboxylic acids is 1. The van der Waals surface area contributed by atoms with E-state index < -0.39 is 11.8 Å². The van der Waals surface area contributed by atoms with Crippen molar-refractivity contribution in [1.29, 1.82) is 0 Å². The van der Waals surface area contributed by atoms with Crippen LogP contribution >= 0.6 is 0 Å². The Labute approximate surface area is 110 Å². The van der Waals surface area contributed by atoms with Crippen molar-refractivity contribution in [3.63, 3.8) is 0 Å².